The first-order valence-electron chi connectivity index (χ1n) is 3.86. The summed E-state index contributed by atoms with van der Waals surface area (Å²) in [4.78, 5) is 13.9. The van der Waals surface area contributed by atoms with Crippen LogP contribution in [-0.2, 0) is 11.2 Å². The summed E-state index contributed by atoms with van der Waals surface area (Å²) in [5.74, 6) is -1.10. The molecule has 3 N–H and O–H groups in total. The number of pyridine rings is 1. The Morgan fingerprint density at radius 3 is 2.73 bits per heavy atom. The number of nitrogen functional groups attached to an aromatic ring is 1. The minimum atomic E-state index is -2.75. The van der Waals surface area contributed by atoms with Gasteiger partial charge in [-0.25, -0.2) is 8.78 Å². The van der Waals surface area contributed by atoms with E-state index in [9.17, 15) is 13.6 Å². The lowest BCUT2D eigenvalue weighted by molar-refractivity contribution is -0.136. The van der Waals surface area contributed by atoms with Crippen molar-refractivity contribution in [1.82, 2.24) is 4.98 Å². The van der Waals surface area contributed by atoms with E-state index in [1.54, 1.807) is 0 Å². The van der Waals surface area contributed by atoms with Gasteiger partial charge in [-0.15, -0.1) is 0 Å². The zero-order valence-corrected chi connectivity index (χ0v) is 8.96. The third-order valence-corrected chi connectivity index (χ3v) is 2.55. The molecule has 0 saturated heterocycles. The number of alkyl halides is 2. The summed E-state index contributed by atoms with van der Waals surface area (Å²) < 4.78 is 24.6. The second-order valence-electron chi connectivity index (χ2n) is 2.77. The summed E-state index contributed by atoms with van der Waals surface area (Å²) in [5.41, 5.74) is 5.20. The van der Waals surface area contributed by atoms with E-state index in [0.29, 0.717) is 0 Å². The van der Waals surface area contributed by atoms with E-state index in [1.165, 1.54) is 0 Å². The molecule has 0 amide bonds. The maximum atomic E-state index is 12.3. The monoisotopic (exact) mass is 280 g/mol. The summed E-state index contributed by atoms with van der Waals surface area (Å²) in [6.07, 6.45) is -2.04. The number of aromatic nitrogens is 1. The molecule has 1 aromatic heterocycles. The number of hydrogen-bond acceptors (Lipinski definition) is 3. The normalized spacial score (nSPS) is 10.7. The molecule has 82 valence electrons. The fourth-order valence-electron chi connectivity index (χ4n) is 1.01. The number of anilines is 1. The topological polar surface area (TPSA) is 76.2 Å². The quantitative estimate of drug-likeness (QED) is 0.888. The third-order valence-electron chi connectivity index (χ3n) is 1.72. The van der Waals surface area contributed by atoms with Crippen LogP contribution in [0.15, 0.2) is 10.7 Å². The van der Waals surface area contributed by atoms with Crippen LogP contribution in [0, 0.1) is 0 Å². The molecule has 1 heterocycles. The summed E-state index contributed by atoms with van der Waals surface area (Å²) in [6, 6.07) is 0. The first-order chi connectivity index (χ1) is 6.93. The maximum Gasteiger partial charge on any atom is 0.307 e. The summed E-state index contributed by atoms with van der Waals surface area (Å²) in [6.45, 7) is 0. The molecule has 0 radical (unpaired) electrons. The Balaban J connectivity index is 3.15. The Labute approximate surface area is 92.2 Å². The highest BCUT2D eigenvalue weighted by atomic mass is 79.9. The zero-order valence-electron chi connectivity index (χ0n) is 7.38. The molecule has 0 aliphatic rings. The molecule has 0 fully saturated rings. The van der Waals surface area contributed by atoms with Crippen LogP contribution in [0.1, 0.15) is 17.7 Å². The highest BCUT2D eigenvalue weighted by Crippen LogP contribution is 2.31. The molecule has 0 aliphatic carbocycles. The van der Waals surface area contributed by atoms with Crippen molar-refractivity contribution in [3.63, 3.8) is 0 Å². The third kappa shape index (κ3) is 2.62. The van der Waals surface area contributed by atoms with Gasteiger partial charge in [0.1, 0.15) is 5.69 Å². The Kier molecular flexibility index (Phi) is 3.57. The van der Waals surface area contributed by atoms with Gasteiger partial charge in [-0.1, -0.05) is 0 Å². The molecule has 0 unspecified atom stereocenters. The van der Waals surface area contributed by atoms with Crippen LogP contribution in [0.3, 0.4) is 0 Å². The van der Waals surface area contributed by atoms with Gasteiger partial charge in [0.2, 0.25) is 0 Å². The number of halogens is 3. The van der Waals surface area contributed by atoms with Gasteiger partial charge in [-0.2, -0.15) is 0 Å². The Hall–Kier alpha value is -1.24. The molecule has 0 aliphatic heterocycles. The van der Waals surface area contributed by atoms with Crippen molar-refractivity contribution in [2.24, 2.45) is 0 Å². The van der Waals surface area contributed by atoms with E-state index in [0.717, 1.165) is 6.20 Å². The molecule has 15 heavy (non-hydrogen) atoms. The number of rotatable bonds is 3. The van der Waals surface area contributed by atoms with E-state index in [4.69, 9.17) is 10.8 Å². The minimum absolute atomic E-state index is 0.0114. The largest absolute Gasteiger partial charge is 0.481 e. The van der Waals surface area contributed by atoms with Crippen molar-refractivity contribution in [2.75, 3.05) is 5.73 Å². The van der Waals surface area contributed by atoms with Gasteiger partial charge >= 0.3 is 5.97 Å². The second-order valence-corrected chi connectivity index (χ2v) is 3.56. The number of carboxylic acids is 1. The number of aliphatic carboxylic acids is 1. The van der Waals surface area contributed by atoms with Gasteiger partial charge in [0.05, 0.1) is 16.6 Å². The molecule has 0 atom stereocenters. The van der Waals surface area contributed by atoms with Gasteiger partial charge in [0.25, 0.3) is 6.43 Å². The molecule has 0 bridgehead atoms. The fraction of sp³-hybridized carbons (Fsp3) is 0.250. The van der Waals surface area contributed by atoms with Gasteiger partial charge in [-0.3, -0.25) is 9.78 Å². The first kappa shape index (κ1) is 11.8. The summed E-state index contributed by atoms with van der Waals surface area (Å²) in [5, 5.41) is 8.51. The van der Waals surface area contributed by atoms with Crippen LogP contribution in [0.4, 0.5) is 14.5 Å². The van der Waals surface area contributed by atoms with Crippen LogP contribution in [0.5, 0.6) is 0 Å². The van der Waals surface area contributed by atoms with Crippen molar-refractivity contribution >= 4 is 27.6 Å². The number of nitrogens with two attached hydrogens (primary N) is 1. The van der Waals surface area contributed by atoms with E-state index >= 15 is 0 Å². The maximum absolute atomic E-state index is 12.3. The molecular weight excluding hydrogens is 274 g/mol. The number of hydrogen-bond donors (Lipinski definition) is 2. The number of nitrogens with zero attached hydrogens (tertiary/aromatic N) is 1. The van der Waals surface area contributed by atoms with Crippen molar-refractivity contribution in [3.05, 3.63) is 21.9 Å². The highest BCUT2D eigenvalue weighted by Gasteiger charge is 2.18. The highest BCUT2D eigenvalue weighted by molar-refractivity contribution is 9.10. The number of carboxylic acid groups (broad SMARTS) is 1. The molecule has 7 heteroatoms. The van der Waals surface area contributed by atoms with Gasteiger partial charge < -0.3 is 10.8 Å². The molecule has 1 aromatic rings. The van der Waals surface area contributed by atoms with Crippen molar-refractivity contribution in [2.45, 2.75) is 12.8 Å². The van der Waals surface area contributed by atoms with Crippen molar-refractivity contribution < 1.29 is 18.7 Å². The van der Waals surface area contributed by atoms with Crippen molar-refractivity contribution in [1.29, 1.82) is 0 Å². The van der Waals surface area contributed by atoms with E-state index in [-0.39, 0.29) is 22.1 Å². The molecule has 4 nitrogen and oxygen atoms in total. The average Bonchev–Trinajstić information content (AvgIpc) is 2.12. The van der Waals surface area contributed by atoms with E-state index in [2.05, 4.69) is 20.9 Å². The van der Waals surface area contributed by atoms with Crippen LogP contribution in [-0.4, -0.2) is 16.1 Å². The Morgan fingerprint density at radius 2 is 2.27 bits per heavy atom. The van der Waals surface area contributed by atoms with Gasteiger partial charge in [0.15, 0.2) is 0 Å². The molecule has 0 spiro atoms. The fourth-order valence-corrected chi connectivity index (χ4v) is 1.54. The summed E-state index contributed by atoms with van der Waals surface area (Å²) in [7, 11) is 0. The van der Waals surface area contributed by atoms with Crippen molar-refractivity contribution in [3.8, 4) is 0 Å². The lowest BCUT2D eigenvalue weighted by Crippen LogP contribution is -2.07. The Morgan fingerprint density at radius 1 is 1.67 bits per heavy atom. The van der Waals surface area contributed by atoms with Crippen LogP contribution in [0.25, 0.3) is 0 Å². The second kappa shape index (κ2) is 4.52. The van der Waals surface area contributed by atoms with Crippen LogP contribution >= 0.6 is 15.9 Å². The SMILES string of the molecule is Nc1c(CC(=O)O)cnc(C(F)F)c1Br. The smallest absolute Gasteiger partial charge is 0.307 e. The lowest BCUT2D eigenvalue weighted by atomic mass is 10.1. The predicted molar refractivity (Wildman–Crippen MR) is 52.6 cm³/mol. The molecular formula is C8H7BrF2N2O2. The van der Waals surface area contributed by atoms with Crippen LogP contribution in [0.2, 0.25) is 0 Å². The van der Waals surface area contributed by atoms with Gasteiger partial charge in [-0.05, 0) is 15.9 Å². The summed E-state index contributed by atoms with van der Waals surface area (Å²) >= 11 is 2.86. The average molecular weight is 281 g/mol. The molecule has 0 aromatic carbocycles. The van der Waals surface area contributed by atoms with E-state index in [1.807, 2.05) is 0 Å². The number of carbonyl (C=O) groups is 1. The van der Waals surface area contributed by atoms with Gasteiger partial charge in [0, 0.05) is 11.8 Å². The first-order valence-corrected chi connectivity index (χ1v) is 4.65. The predicted octanol–water partition coefficient (Wildman–Crippen LogP) is 1.99. The zero-order chi connectivity index (χ0) is 11.6. The van der Waals surface area contributed by atoms with E-state index < -0.39 is 18.1 Å². The Bertz CT molecular complexity index is 398. The van der Waals surface area contributed by atoms with Crippen LogP contribution < -0.4 is 5.73 Å². The lowest BCUT2D eigenvalue weighted by Gasteiger charge is -2.08. The minimum Gasteiger partial charge on any atom is -0.481 e. The molecule has 0 saturated carbocycles. The standard InChI is InChI=1S/C8H7BrF2N2O2/c9-5-6(12)3(1-4(14)15)2-13-7(5)8(10)11/h2,8H,1H2,(H2,12,13)(H,14,15). The molecule has 1 rings (SSSR count).